The number of hydrogen-bond acceptors (Lipinski definition) is 6. The zero-order valence-corrected chi connectivity index (χ0v) is 16.7. The fourth-order valence-electron chi connectivity index (χ4n) is 3.21. The second kappa shape index (κ2) is 8.65. The average molecular weight is 404 g/mol. The lowest BCUT2D eigenvalue weighted by molar-refractivity contribution is 0.212. The number of aromatic nitrogens is 2. The molecule has 0 fully saturated rings. The van der Waals surface area contributed by atoms with Crippen molar-refractivity contribution in [2.75, 3.05) is 31.8 Å². The summed E-state index contributed by atoms with van der Waals surface area (Å²) in [7, 11) is 1.64. The summed E-state index contributed by atoms with van der Waals surface area (Å²) in [5.41, 5.74) is 15.0. The SMILES string of the molecule is COc1ccc2c(c1)c(OCCOc1ccc(N)cc1)nn2Cc1cccc(N)c1. The Morgan fingerprint density at radius 3 is 2.37 bits per heavy atom. The Balaban J connectivity index is 1.51. The van der Waals surface area contributed by atoms with Crippen molar-refractivity contribution in [2.45, 2.75) is 6.54 Å². The van der Waals surface area contributed by atoms with Crippen LogP contribution in [0.3, 0.4) is 0 Å². The summed E-state index contributed by atoms with van der Waals surface area (Å²) in [4.78, 5) is 0. The van der Waals surface area contributed by atoms with Gasteiger partial charge in [0.25, 0.3) is 0 Å². The molecule has 4 N–H and O–H groups in total. The number of nitrogen functional groups attached to an aromatic ring is 2. The maximum Gasteiger partial charge on any atom is 0.241 e. The first-order valence-electron chi connectivity index (χ1n) is 9.62. The van der Waals surface area contributed by atoms with Crippen LogP contribution in [0.1, 0.15) is 5.56 Å². The molecule has 0 aliphatic rings. The minimum absolute atomic E-state index is 0.353. The van der Waals surface area contributed by atoms with E-state index < -0.39 is 0 Å². The van der Waals surface area contributed by atoms with Crippen molar-refractivity contribution in [3.8, 4) is 17.4 Å². The summed E-state index contributed by atoms with van der Waals surface area (Å²) in [6, 6.07) is 20.8. The number of benzene rings is 3. The molecule has 0 saturated carbocycles. The van der Waals surface area contributed by atoms with Crippen molar-refractivity contribution < 1.29 is 14.2 Å². The highest BCUT2D eigenvalue weighted by atomic mass is 16.5. The minimum Gasteiger partial charge on any atom is -0.497 e. The van der Waals surface area contributed by atoms with E-state index in [9.17, 15) is 0 Å². The summed E-state index contributed by atoms with van der Waals surface area (Å²) in [5.74, 6) is 2.02. The molecular weight excluding hydrogens is 380 g/mol. The summed E-state index contributed by atoms with van der Waals surface area (Å²) in [6.45, 7) is 1.32. The molecule has 0 atom stereocenters. The second-order valence-electron chi connectivity index (χ2n) is 6.86. The van der Waals surface area contributed by atoms with Gasteiger partial charge < -0.3 is 25.7 Å². The summed E-state index contributed by atoms with van der Waals surface area (Å²) < 4.78 is 18.9. The molecule has 0 unspecified atom stereocenters. The number of methoxy groups -OCH3 is 1. The highest BCUT2D eigenvalue weighted by Gasteiger charge is 2.13. The van der Waals surface area contributed by atoms with Gasteiger partial charge >= 0.3 is 0 Å². The lowest BCUT2D eigenvalue weighted by Crippen LogP contribution is -2.10. The Kier molecular flexibility index (Phi) is 5.61. The highest BCUT2D eigenvalue weighted by molar-refractivity contribution is 5.86. The molecule has 0 bridgehead atoms. The molecular formula is C23H24N4O3. The molecule has 4 aromatic rings. The van der Waals surface area contributed by atoms with Gasteiger partial charge in [-0.2, -0.15) is 0 Å². The molecule has 0 radical (unpaired) electrons. The molecule has 1 heterocycles. The number of nitrogens with two attached hydrogens (primary N) is 2. The van der Waals surface area contributed by atoms with Crippen LogP contribution in [0.2, 0.25) is 0 Å². The molecule has 0 saturated heterocycles. The number of anilines is 2. The molecule has 3 aromatic carbocycles. The van der Waals surface area contributed by atoms with Gasteiger partial charge in [0.1, 0.15) is 24.7 Å². The molecule has 0 spiro atoms. The van der Waals surface area contributed by atoms with Crippen molar-refractivity contribution >= 4 is 22.3 Å². The largest absolute Gasteiger partial charge is 0.497 e. The first-order chi connectivity index (χ1) is 14.6. The zero-order chi connectivity index (χ0) is 20.9. The number of nitrogens with zero attached hydrogens (tertiary/aromatic N) is 2. The maximum absolute atomic E-state index is 5.94. The van der Waals surface area contributed by atoms with E-state index in [4.69, 9.17) is 25.7 Å². The van der Waals surface area contributed by atoms with Crippen LogP contribution in [0.15, 0.2) is 66.7 Å². The molecule has 30 heavy (non-hydrogen) atoms. The topological polar surface area (TPSA) is 97.5 Å². The Labute approximate surface area is 174 Å². The predicted octanol–water partition coefficient (Wildman–Crippen LogP) is 3.72. The molecule has 7 heteroatoms. The fraction of sp³-hybridized carbons (Fsp3) is 0.174. The molecule has 4 rings (SSSR count). The fourth-order valence-corrected chi connectivity index (χ4v) is 3.21. The molecule has 1 aromatic heterocycles. The van der Waals surface area contributed by atoms with Gasteiger partial charge in [0.2, 0.25) is 5.88 Å². The van der Waals surface area contributed by atoms with Crippen molar-refractivity contribution in [1.29, 1.82) is 0 Å². The van der Waals surface area contributed by atoms with E-state index in [1.807, 2.05) is 59.3 Å². The van der Waals surface area contributed by atoms with Crippen LogP contribution < -0.4 is 25.7 Å². The van der Waals surface area contributed by atoms with Gasteiger partial charge in [0.15, 0.2) is 0 Å². The van der Waals surface area contributed by atoms with Crippen molar-refractivity contribution in [1.82, 2.24) is 9.78 Å². The van der Waals surface area contributed by atoms with Crippen molar-refractivity contribution in [2.24, 2.45) is 0 Å². The number of fused-ring (bicyclic) bond motifs is 1. The highest BCUT2D eigenvalue weighted by Crippen LogP contribution is 2.29. The lowest BCUT2D eigenvalue weighted by Gasteiger charge is -2.07. The third-order valence-electron chi connectivity index (χ3n) is 4.68. The van der Waals surface area contributed by atoms with Gasteiger partial charge in [0.05, 0.1) is 24.6 Å². The summed E-state index contributed by atoms with van der Waals surface area (Å²) >= 11 is 0. The molecule has 0 amide bonds. The van der Waals surface area contributed by atoms with Gasteiger partial charge in [-0.15, -0.1) is 5.10 Å². The molecule has 0 aliphatic carbocycles. The predicted molar refractivity (Wildman–Crippen MR) is 118 cm³/mol. The van der Waals surface area contributed by atoms with Crippen LogP contribution in [-0.2, 0) is 6.54 Å². The lowest BCUT2D eigenvalue weighted by atomic mass is 10.2. The van der Waals surface area contributed by atoms with Gasteiger partial charge in [-0.25, -0.2) is 0 Å². The van der Waals surface area contributed by atoms with E-state index in [0.29, 0.717) is 31.3 Å². The summed E-state index contributed by atoms with van der Waals surface area (Å²) in [6.07, 6.45) is 0. The Bertz CT molecular complexity index is 1140. The monoisotopic (exact) mass is 404 g/mol. The van der Waals surface area contributed by atoms with E-state index in [2.05, 4.69) is 5.10 Å². The zero-order valence-electron chi connectivity index (χ0n) is 16.7. The van der Waals surface area contributed by atoms with Crippen LogP contribution in [-0.4, -0.2) is 30.1 Å². The van der Waals surface area contributed by atoms with Gasteiger partial charge in [-0.1, -0.05) is 12.1 Å². The van der Waals surface area contributed by atoms with E-state index in [1.165, 1.54) is 0 Å². The quantitative estimate of drug-likeness (QED) is 0.343. The molecule has 0 aliphatic heterocycles. The van der Waals surface area contributed by atoms with Gasteiger partial charge in [-0.05, 0) is 60.2 Å². The van der Waals surface area contributed by atoms with Gasteiger partial charge in [0, 0.05) is 11.4 Å². The van der Waals surface area contributed by atoms with Crippen LogP contribution in [0, 0.1) is 0 Å². The number of rotatable bonds is 8. The summed E-state index contributed by atoms with van der Waals surface area (Å²) in [5, 5.41) is 5.55. The van der Waals surface area contributed by atoms with Crippen LogP contribution in [0.5, 0.6) is 17.4 Å². The van der Waals surface area contributed by atoms with Crippen LogP contribution >= 0.6 is 0 Å². The maximum atomic E-state index is 5.94. The Morgan fingerprint density at radius 1 is 0.833 bits per heavy atom. The minimum atomic E-state index is 0.353. The first kappa shape index (κ1) is 19.4. The Hall–Kier alpha value is -3.87. The van der Waals surface area contributed by atoms with E-state index in [1.54, 1.807) is 19.2 Å². The number of ether oxygens (including phenoxy) is 3. The molecule has 7 nitrogen and oxygen atoms in total. The normalized spacial score (nSPS) is 10.8. The van der Waals surface area contributed by atoms with E-state index >= 15 is 0 Å². The molecule has 154 valence electrons. The first-order valence-corrected chi connectivity index (χ1v) is 9.62. The average Bonchev–Trinajstić information content (AvgIpc) is 3.09. The smallest absolute Gasteiger partial charge is 0.241 e. The van der Waals surface area contributed by atoms with Crippen LogP contribution in [0.4, 0.5) is 11.4 Å². The van der Waals surface area contributed by atoms with Crippen LogP contribution in [0.25, 0.3) is 10.9 Å². The third kappa shape index (κ3) is 4.41. The van der Waals surface area contributed by atoms with Crippen molar-refractivity contribution in [3.63, 3.8) is 0 Å². The third-order valence-corrected chi connectivity index (χ3v) is 4.68. The van der Waals surface area contributed by atoms with Gasteiger partial charge in [-0.3, -0.25) is 4.68 Å². The van der Waals surface area contributed by atoms with Crippen molar-refractivity contribution in [3.05, 3.63) is 72.3 Å². The standard InChI is InChI=1S/C23H24N4O3/c1-28-20-9-10-22-21(14-20)23(26-27(22)15-16-3-2-4-18(25)13-16)30-12-11-29-19-7-5-17(24)6-8-19/h2-10,13-14H,11-12,15,24-25H2,1H3. The van der Waals surface area contributed by atoms with E-state index in [-0.39, 0.29) is 0 Å². The second-order valence-corrected chi connectivity index (χ2v) is 6.86. The Morgan fingerprint density at radius 2 is 1.60 bits per heavy atom. The number of hydrogen-bond donors (Lipinski definition) is 2. The van der Waals surface area contributed by atoms with E-state index in [0.717, 1.165) is 33.7 Å².